The number of methoxy groups -OCH3 is 1. The molecule has 0 saturated carbocycles. The van der Waals surface area contributed by atoms with Crippen LogP contribution in [0.15, 0.2) is 27.7 Å². The van der Waals surface area contributed by atoms with Crippen LogP contribution in [0.2, 0.25) is 0 Å². The normalized spacial score (nSPS) is 21.4. The van der Waals surface area contributed by atoms with Crippen molar-refractivity contribution in [3.8, 4) is 17.1 Å². The molecular weight excluding hydrogens is 387 g/mol. The quantitative estimate of drug-likeness (QED) is 0.731. The Morgan fingerprint density at radius 1 is 1.11 bits per heavy atom. The largest absolute Gasteiger partial charge is 0.491 e. The number of benzene rings is 1. The third-order valence-electron chi connectivity index (χ3n) is 4.18. The van der Waals surface area contributed by atoms with Crippen LogP contribution in [0.25, 0.3) is 11.3 Å². The Morgan fingerprint density at radius 2 is 1.74 bits per heavy atom. The Bertz CT molecular complexity index is 950. The van der Waals surface area contributed by atoms with E-state index in [2.05, 4.69) is 4.74 Å². The van der Waals surface area contributed by atoms with E-state index in [0.29, 0.717) is 6.07 Å². The van der Waals surface area contributed by atoms with Gasteiger partial charge in [0.1, 0.15) is 16.9 Å². The maximum Gasteiger partial charge on any atom is 0.246 e. The third-order valence-corrected chi connectivity index (χ3v) is 5.97. The molecule has 0 radical (unpaired) electrons. The average Bonchev–Trinajstić information content (AvgIpc) is 3.08. The van der Waals surface area contributed by atoms with Gasteiger partial charge in [-0.1, -0.05) is 0 Å². The van der Waals surface area contributed by atoms with Crippen molar-refractivity contribution >= 4 is 10.0 Å². The van der Waals surface area contributed by atoms with Gasteiger partial charge in [-0.15, -0.1) is 0 Å². The molecule has 2 atom stereocenters. The number of nitrogens with zero attached hydrogens (tertiary/aromatic N) is 1. The molecule has 27 heavy (non-hydrogen) atoms. The standard InChI is InChI=1S/C17H18F3NO5S/c1-9-6-21(7-10(2)26-9)27(22,23)11-4-14(25-8-11)12-5-13(18)16(20)17(24-3)15(12)19/h4-5,8-10H,6-7H2,1-3H3/t9-,10+. The lowest BCUT2D eigenvalue weighted by Crippen LogP contribution is -2.47. The number of halogens is 3. The molecule has 3 rings (SSSR count). The maximum absolute atomic E-state index is 14.4. The van der Waals surface area contributed by atoms with Crippen LogP contribution in [-0.4, -0.2) is 45.1 Å². The van der Waals surface area contributed by atoms with Crippen LogP contribution < -0.4 is 4.74 Å². The van der Waals surface area contributed by atoms with Crippen molar-refractivity contribution in [2.24, 2.45) is 0 Å². The van der Waals surface area contributed by atoms with E-state index >= 15 is 0 Å². The van der Waals surface area contributed by atoms with Gasteiger partial charge in [0, 0.05) is 19.2 Å². The first-order valence-electron chi connectivity index (χ1n) is 8.11. The Kier molecular flexibility index (Phi) is 5.24. The first kappa shape index (κ1) is 19.7. The van der Waals surface area contributed by atoms with Crippen molar-refractivity contribution < 1.29 is 35.5 Å². The average molecular weight is 405 g/mol. The highest BCUT2D eigenvalue weighted by atomic mass is 32.2. The number of sulfonamides is 1. The second-order valence-electron chi connectivity index (χ2n) is 6.29. The van der Waals surface area contributed by atoms with Crippen molar-refractivity contribution in [2.75, 3.05) is 20.2 Å². The minimum Gasteiger partial charge on any atom is -0.491 e. The molecule has 0 unspecified atom stereocenters. The summed E-state index contributed by atoms with van der Waals surface area (Å²) >= 11 is 0. The highest BCUT2D eigenvalue weighted by Crippen LogP contribution is 2.35. The van der Waals surface area contributed by atoms with Crippen LogP contribution in [-0.2, 0) is 14.8 Å². The molecular formula is C17H18F3NO5S. The maximum atomic E-state index is 14.4. The lowest BCUT2D eigenvalue weighted by Gasteiger charge is -2.34. The molecule has 10 heteroatoms. The summed E-state index contributed by atoms with van der Waals surface area (Å²) < 4.78 is 83.7. The van der Waals surface area contributed by atoms with Gasteiger partial charge < -0.3 is 13.9 Å². The zero-order valence-electron chi connectivity index (χ0n) is 14.8. The summed E-state index contributed by atoms with van der Waals surface area (Å²) in [5.41, 5.74) is -0.448. The summed E-state index contributed by atoms with van der Waals surface area (Å²) in [5.74, 6) is -5.20. The fraction of sp³-hybridized carbons (Fsp3) is 0.412. The zero-order valence-corrected chi connectivity index (χ0v) is 15.6. The molecule has 2 aromatic rings. The first-order valence-corrected chi connectivity index (χ1v) is 9.55. The predicted octanol–water partition coefficient (Wildman–Crippen LogP) is 3.17. The van der Waals surface area contributed by atoms with Gasteiger partial charge in [0.05, 0.1) is 24.9 Å². The van der Waals surface area contributed by atoms with Crippen LogP contribution in [0.5, 0.6) is 5.75 Å². The van der Waals surface area contributed by atoms with Gasteiger partial charge in [-0.3, -0.25) is 0 Å². The molecule has 6 nitrogen and oxygen atoms in total. The number of hydrogen-bond acceptors (Lipinski definition) is 5. The van der Waals surface area contributed by atoms with Crippen LogP contribution >= 0.6 is 0 Å². The van der Waals surface area contributed by atoms with Gasteiger partial charge in [0.15, 0.2) is 17.4 Å². The molecule has 0 spiro atoms. The van der Waals surface area contributed by atoms with Gasteiger partial charge in [0.25, 0.3) is 0 Å². The van der Waals surface area contributed by atoms with Crippen molar-refractivity contribution in [3.05, 3.63) is 35.8 Å². The summed E-state index contributed by atoms with van der Waals surface area (Å²) in [6, 6.07) is 1.65. The lowest BCUT2D eigenvalue weighted by atomic mass is 10.1. The Labute approximate surface area is 154 Å². The Balaban J connectivity index is 1.99. The van der Waals surface area contributed by atoms with Gasteiger partial charge in [-0.2, -0.15) is 8.70 Å². The summed E-state index contributed by atoms with van der Waals surface area (Å²) in [6.07, 6.45) is 0.355. The van der Waals surface area contributed by atoms with E-state index in [-0.39, 0.29) is 36.0 Å². The van der Waals surface area contributed by atoms with E-state index in [1.54, 1.807) is 13.8 Å². The molecule has 148 valence electrons. The minimum atomic E-state index is -3.92. The van der Waals surface area contributed by atoms with E-state index < -0.39 is 38.8 Å². The highest BCUT2D eigenvalue weighted by Gasteiger charge is 2.34. The molecule has 1 saturated heterocycles. The van der Waals surface area contributed by atoms with Crippen LogP contribution in [0.3, 0.4) is 0 Å². The van der Waals surface area contributed by atoms with Gasteiger partial charge in [0.2, 0.25) is 15.8 Å². The SMILES string of the molecule is COc1c(F)c(F)cc(-c2cc(S(=O)(=O)N3C[C@@H](C)O[C@@H](C)C3)co2)c1F. The molecule has 0 amide bonds. The fourth-order valence-electron chi connectivity index (χ4n) is 3.01. The third kappa shape index (κ3) is 3.56. The fourth-order valence-corrected chi connectivity index (χ4v) is 4.55. The predicted molar refractivity (Wildman–Crippen MR) is 89.3 cm³/mol. The van der Waals surface area contributed by atoms with Crippen molar-refractivity contribution in [1.29, 1.82) is 0 Å². The van der Waals surface area contributed by atoms with Gasteiger partial charge >= 0.3 is 0 Å². The summed E-state index contributed by atoms with van der Waals surface area (Å²) in [5, 5.41) is 0. The minimum absolute atomic E-state index is 0.153. The summed E-state index contributed by atoms with van der Waals surface area (Å²) in [7, 11) is -2.93. The monoisotopic (exact) mass is 405 g/mol. The number of rotatable bonds is 4. The van der Waals surface area contributed by atoms with E-state index in [4.69, 9.17) is 9.15 Å². The molecule has 0 N–H and O–H groups in total. The molecule has 0 aliphatic carbocycles. The number of morpholine rings is 1. The van der Waals surface area contributed by atoms with Crippen molar-refractivity contribution in [3.63, 3.8) is 0 Å². The number of furan rings is 1. The highest BCUT2D eigenvalue weighted by molar-refractivity contribution is 7.89. The van der Waals surface area contributed by atoms with Crippen molar-refractivity contribution in [2.45, 2.75) is 31.0 Å². The molecule has 0 bridgehead atoms. The number of ether oxygens (including phenoxy) is 2. The summed E-state index contributed by atoms with van der Waals surface area (Å²) in [4.78, 5) is -0.220. The Hall–Kier alpha value is -2.04. The lowest BCUT2D eigenvalue weighted by molar-refractivity contribution is -0.0440. The zero-order chi connectivity index (χ0) is 19.9. The molecule has 1 aromatic heterocycles. The number of hydrogen-bond donors (Lipinski definition) is 0. The Morgan fingerprint density at radius 3 is 2.33 bits per heavy atom. The van der Waals surface area contributed by atoms with E-state index in [1.807, 2.05) is 0 Å². The van der Waals surface area contributed by atoms with Crippen LogP contribution in [0.1, 0.15) is 13.8 Å². The smallest absolute Gasteiger partial charge is 0.246 e. The molecule has 1 aliphatic rings. The molecule has 1 fully saturated rings. The topological polar surface area (TPSA) is 69.0 Å². The van der Waals surface area contributed by atoms with E-state index in [0.717, 1.165) is 19.4 Å². The van der Waals surface area contributed by atoms with E-state index in [1.165, 1.54) is 4.31 Å². The second-order valence-corrected chi connectivity index (χ2v) is 8.23. The summed E-state index contributed by atoms with van der Waals surface area (Å²) in [6.45, 7) is 3.81. The second kappa shape index (κ2) is 7.17. The van der Waals surface area contributed by atoms with Gasteiger partial charge in [-0.25, -0.2) is 17.2 Å². The van der Waals surface area contributed by atoms with Crippen LogP contribution in [0.4, 0.5) is 13.2 Å². The van der Waals surface area contributed by atoms with Gasteiger partial charge in [-0.05, 0) is 19.9 Å². The molecule has 1 aromatic carbocycles. The van der Waals surface area contributed by atoms with E-state index in [9.17, 15) is 21.6 Å². The first-order chi connectivity index (χ1) is 12.6. The van der Waals surface area contributed by atoms with Crippen LogP contribution in [0, 0.1) is 17.5 Å². The van der Waals surface area contributed by atoms with Crippen molar-refractivity contribution in [1.82, 2.24) is 4.31 Å². The molecule has 1 aliphatic heterocycles. The molecule has 2 heterocycles.